The molecule has 1 aromatic carbocycles. The fourth-order valence-corrected chi connectivity index (χ4v) is 3.16. The molecule has 0 spiro atoms. The monoisotopic (exact) mass is 355 g/mol. The molecule has 142 valence electrons. The van der Waals surface area contributed by atoms with E-state index in [9.17, 15) is 4.79 Å². The highest BCUT2D eigenvalue weighted by Crippen LogP contribution is 2.30. The SMILES string of the molecule is CCC(C)C(=O)c1nc2n(n1)C(c1ccccc1)CC2.CCCCCC. The smallest absolute Gasteiger partial charge is 0.217 e. The molecule has 4 nitrogen and oxygen atoms in total. The zero-order chi connectivity index (χ0) is 18.9. The van der Waals surface area contributed by atoms with Gasteiger partial charge in [0.1, 0.15) is 5.82 Å². The lowest BCUT2D eigenvalue weighted by Crippen LogP contribution is -2.14. The summed E-state index contributed by atoms with van der Waals surface area (Å²) in [4.78, 5) is 16.6. The fraction of sp³-hybridized carbons (Fsp3) is 0.591. The molecule has 2 heterocycles. The Kier molecular flexibility index (Phi) is 8.02. The van der Waals surface area contributed by atoms with Crippen LogP contribution < -0.4 is 0 Å². The van der Waals surface area contributed by atoms with Crippen molar-refractivity contribution in [3.05, 3.63) is 47.5 Å². The van der Waals surface area contributed by atoms with Gasteiger partial charge in [0.15, 0.2) is 0 Å². The molecule has 0 saturated carbocycles. The molecular formula is C22H33N3O. The molecule has 0 amide bonds. The lowest BCUT2D eigenvalue weighted by atomic mass is 10.0. The van der Waals surface area contributed by atoms with E-state index in [4.69, 9.17) is 0 Å². The van der Waals surface area contributed by atoms with Gasteiger partial charge in [0.25, 0.3) is 0 Å². The highest BCUT2D eigenvalue weighted by molar-refractivity contribution is 5.94. The summed E-state index contributed by atoms with van der Waals surface area (Å²) in [6, 6.07) is 10.5. The van der Waals surface area contributed by atoms with Crippen LogP contribution >= 0.6 is 0 Å². The summed E-state index contributed by atoms with van der Waals surface area (Å²) in [5, 5.41) is 4.47. The molecule has 2 unspecified atom stereocenters. The minimum absolute atomic E-state index is 0.00620. The van der Waals surface area contributed by atoms with Crippen molar-refractivity contribution in [3.63, 3.8) is 0 Å². The summed E-state index contributed by atoms with van der Waals surface area (Å²) >= 11 is 0. The number of aryl methyl sites for hydroxylation is 1. The molecule has 0 aliphatic carbocycles. The van der Waals surface area contributed by atoms with Gasteiger partial charge in [-0.1, -0.05) is 83.7 Å². The Labute approximate surface area is 158 Å². The van der Waals surface area contributed by atoms with Crippen molar-refractivity contribution in [1.82, 2.24) is 14.8 Å². The van der Waals surface area contributed by atoms with Crippen LogP contribution in [-0.4, -0.2) is 20.5 Å². The van der Waals surface area contributed by atoms with E-state index in [1.807, 2.05) is 36.7 Å². The number of aromatic nitrogens is 3. The Morgan fingerprint density at radius 3 is 2.38 bits per heavy atom. The molecule has 2 aromatic rings. The van der Waals surface area contributed by atoms with E-state index < -0.39 is 0 Å². The molecule has 0 fully saturated rings. The number of hydrogen-bond acceptors (Lipinski definition) is 3. The Morgan fingerprint density at radius 1 is 1.15 bits per heavy atom. The quantitative estimate of drug-likeness (QED) is 0.478. The molecule has 2 atom stereocenters. The molecule has 26 heavy (non-hydrogen) atoms. The summed E-state index contributed by atoms with van der Waals surface area (Å²) < 4.78 is 1.94. The van der Waals surface area contributed by atoms with Gasteiger partial charge in [0.2, 0.25) is 11.6 Å². The number of benzene rings is 1. The third-order valence-corrected chi connectivity index (χ3v) is 5.06. The maximum atomic E-state index is 12.2. The fourth-order valence-electron chi connectivity index (χ4n) is 3.16. The molecular weight excluding hydrogens is 322 g/mol. The van der Waals surface area contributed by atoms with Crippen LogP contribution in [0, 0.1) is 5.92 Å². The maximum Gasteiger partial charge on any atom is 0.217 e. The highest BCUT2D eigenvalue weighted by atomic mass is 16.1. The zero-order valence-corrected chi connectivity index (χ0v) is 16.7. The Hall–Kier alpha value is -1.97. The van der Waals surface area contributed by atoms with Crippen molar-refractivity contribution < 1.29 is 4.79 Å². The lowest BCUT2D eigenvalue weighted by Gasteiger charge is -2.11. The predicted molar refractivity (Wildman–Crippen MR) is 107 cm³/mol. The molecule has 0 bridgehead atoms. The average Bonchev–Trinajstić information content (AvgIpc) is 3.27. The highest BCUT2D eigenvalue weighted by Gasteiger charge is 2.29. The summed E-state index contributed by atoms with van der Waals surface area (Å²) in [6.07, 6.45) is 8.26. The van der Waals surface area contributed by atoms with Gasteiger partial charge >= 0.3 is 0 Å². The largest absolute Gasteiger partial charge is 0.290 e. The normalized spacial score (nSPS) is 16.5. The van der Waals surface area contributed by atoms with Crippen molar-refractivity contribution in [2.45, 2.75) is 78.7 Å². The third-order valence-electron chi connectivity index (χ3n) is 5.06. The number of rotatable bonds is 7. The first-order valence-electron chi connectivity index (χ1n) is 10.2. The lowest BCUT2D eigenvalue weighted by molar-refractivity contribution is 0.0916. The van der Waals surface area contributed by atoms with Gasteiger partial charge in [-0.3, -0.25) is 4.79 Å². The first kappa shape index (κ1) is 20.3. The van der Waals surface area contributed by atoms with E-state index >= 15 is 0 Å². The Morgan fingerprint density at radius 2 is 1.81 bits per heavy atom. The van der Waals surface area contributed by atoms with Crippen LogP contribution in [0.25, 0.3) is 0 Å². The van der Waals surface area contributed by atoms with Crippen LogP contribution in [0.2, 0.25) is 0 Å². The average molecular weight is 356 g/mol. The van der Waals surface area contributed by atoms with Crippen molar-refractivity contribution in [3.8, 4) is 0 Å². The number of Topliss-reactive ketones (excluding diaryl/α,β-unsaturated/α-hetero) is 1. The van der Waals surface area contributed by atoms with Crippen LogP contribution in [0.15, 0.2) is 30.3 Å². The Bertz CT molecular complexity index is 674. The second kappa shape index (κ2) is 10.2. The van der Waals surface area contributed by atoms with Gasteiger partial charge in [-0.25, -0.2) is 9.67 Å². The van der Waals surface area contributed by atoms with Gasteiger partial charge < -0.3 is 0 Å². The van der Waals surface area contributed by atoms with Gasteiger partial charge in [-0.05, 0) is 18.4 Å². The van der Waals surface area contributed by atoms with Gasteiger partial charge in [0, 0.05) is 12.3 Å². The van der Waals surface area contributed by atoms with Crippen molar-refractivity contribution in [2.75, 3.05) is 0 Å². The van der Waals surface area contributed by atoms with Crippen LogP contribution in [0.4, 0.5) is 0 Å². The minimum atomic E-state index is -0.00620. The summed E-state index contributed by atoms with van der Waals surface area (Å²) in [6.45, 7) is 8.41. The topological polar surface area (TPSA) is 47.8 Å². The van der Waals surface area contributed by atoms with E-state index in [0.29, 0.717) is 5.82 Å². The van der Waals surface area contributed by atoms with Gasteiger partial charge in [-0.15, -0.1) is 5.10 Å². The number of unbranched alkanes of at least 4 members (excludes halogenated alkanes) is 3. The van der Waals surface area contributed by atoms with Gasteiger partial charge in [-0.2, -0.15) is 0 Å². The molecule has 1 aromatic heterocycles. The van der Waals surface area contributed by atoms with Crippen molar-refractivity contribution in [2.24, 2.45) is 5.92 Å². The molecule has 4 heteroatoms. The molecule has 0 radical (unpaired) electrons. The van der Waals surface area contributed by atoms with Crippen molar-refractivity contribution in [1.29, 1.82) is 0 Å². The summed E-state index contributed by atoms with van der Waals surface area (Å²) in [7, 11) is 0. The van der Waals surface area contributed by atoms with Crippen molar-refractivity contribution >= 4 is 5.78 Å². The summed E-state index contributed by atoms with van der Waals surface area (Å²) in [5.74, 6) is 1.37. The minimum Gasteiger partial charge on any atom is -0.290 e. The summed E-state index contributed by atoms with van der Waals surface area (Å²) in [5.41, 5.74) is 1.23. The van der Waals surface area contributed by atoms with Crippen LogP contribution in [0.1, 0.15) is 94.3 Å². The van der Waals surface area contributed by atoms with E-state index in [1.54, 1.807) is 0 Å². The number of ketones is 1. The van der Waals surface area contributed by atoms with Crippen LogP contribution in [0.5, 0.6) is 0 Å². The first-order valence-corrected chi connectivity index (χ1v) is 10.2. The number of fused-ring (bicyclic) bond motifs is 1. The second-order valence-electron chi connectivity index (χ2n) is 7.14. The number of carbonyl (C=O) groups is 1. The third kappa shape index (κ3) is 5.03. The van der Waals surface area contributed by atoms with E-state index in [2.05, 4.69) is 36.1 Å². The van der Waals surface area contributed by atoms with Crippen LogP contribution in [0.3, 0.4) is 0 Å². The number of hydrogen-bond donors (Lipinski definition) is 0. The maximum absolute atomic E-state index is 12.2. The molecule has 3 rings (SSSR count). The second-order valence-corrected chi connectivity index (χ2v) is 7.14. The number of nitrogens with zero attached hydrogens (tertiary/aromatic N) is 3. The molecule has 1 aliphatic rings. The molecule has 0 saturated heterocycles. The van der Waals surface area contributed by atoms with Gasteiger partial charge in [0.05, 0.1) is 6.04 Å². The standard InChI is InChI=1S/C16H19N3O.C6H14/c1-3-11(2)15(20)16-17-14-10-9-13(19(14)18-16)12-7-5-4-6-8-12;1-3-5-6-4-2/h4-8,11,13H,3,9-10H2,1-2H3;3-6H2,1-2H3. The molecule has 0 N–H and O–H groups in total. The molecule has 1 aliphatic heterocycles. The first-order chi connectivity index (χ1) is 12.6. The van der Waals surface area contributed by atoms with E-state index in [0.717, 1.165) is 25.1 Å². The van der Waals surface area contributed by atoms with E-state index in [-0.39, 0.29) is 17.7 Å². The number of carbonyl (C=O) groups excluding carboxylic acids is 1. The predicted octanol–water partition coefficient (Wildman–Crippen LogP) is 5.63. The van der Waals surface area contributed by atoms with E-state index in [1.165, 1.54) is 31.2 Å². The Balaban J connectivity index is 0.000000352. The zero-order valence-electron chi connectivity index (χ0n) is 16.7. The van der Waals surface area contributed by atoms with Crippen LogP contribution in [-0.2, 0) is 6.42 Å².